The number of fused-ring (bicyclic) bond motifs is 1. The Kier molecular flexibility index (Phi) is 4.45. The fourth-order valence-corrected chi connectivity index (χ4v) is 2.34. The fraction of sp³-hybridized carbons (Fsp3) is 0.462. The van der Waals surface area contributed by atoms with Gasteiger partial charge >= 0.3 is 0 Å². The van der Waals surface area contributed by atoms with Crippen LogP contribution in [0.4, 0.5) is 0 Å². The standard InChI is InChI=1S/C13H19N3S/c1-3-14-9-11-10-16(7-8-17-2)13-12(11)5-4-6-15-13/h4-6,10,14H,3,7-9H2,1-2H3. The summed E-state index contributed by atoms with van der Waals surface area (Å²) in [6.45, 7) is 5.08. The zero-order valence-electron chi connectivity index (χ0n) is 10.4. The van der Waals surface area contributed by atoms with Crippen LogP contribution in [0.25, 0.3) is 11.0 Å². The van der Waals surface area contributed by atoms with Crippen molar-refractivity contribution in [2.24, 2.45) is 0 Å². The van der Waals surface area contributed by atoms with Crippen LogP contribution in [-0.2, 0) is 13.1 Å². The predicted molar refractivity (Wildman–Crippen MR) is 75.5 cm³/mol. The molecule has 0 radical (unpaired) electrons. The maximum Gasteiger partial charge on any atom is 0.140 e. The largest absolute Gasteiger partial charge is 0.331 e. The lowest BCUT2D eigenvalue weighted by molar-refractivity contribution is 0.721. The summed E-state index contributed by atoms with van der Waals surface area (Å²) in [4.78, 5) is 4.49. The second kappa shape index (κ2) is 6.07. The van der Waals surface area contributed by atoms with Gasteiger partial charge in [-0.3, -0.25) is 0 Å². The lowest BCUT2D eigenvalue weighted by atomic mass is 10.2. The molecule has 2 aromatic rings. The van der Waals surface area contributed by atoms with E-state index >= 15 is 0 Å². The number of aromatic nitrogens is 2. The quantitative estimate of drug-likeness (QED) is 0.853. The highest BCUT2D eigenvalue weighted by Crippen LogP contribution is 2.19. The van der Waals surface area contributed by atoms with E-state index in [0.29, 0.717) is 0 Å². The number of rotatable bonds is 6. The van der Waals surface area contributed by atoms with Crippen molar-refractivity contribution >= 4 is 22.8 Å². The third-order valence-corrected chi connectivity index (χ3v) is 3.41. The van der Waals surface area contributed by atoms with Crippen LogP contribution in [0.3, 0.4) is 0 Å². The molecule has 2 heterocycles. The van der Waals surface area contributed by atoms with Gasteiger partial charge in [-0.05, 0) is 30.5 Å². The molecule has 2 aromatic heterocycles. The van der Waals surface area contributed by atoms with Gasteiger partial charge in [-0.2, -0.15) is 11.8 Å². The topological polar surface area (TPSA) is 29.9 Å². The number of hydrogen-bond donors (Lipinski definition) is 1. The van der Waals surface area contributed by atoms with Crippen molar-refractivity contribution in [2.45, 2.75) is 20.0 Å². The van der Waals surface area contributed by atoms with Crippen molar-refractivity contribution in [2.75, 3.05) is 18.6 Å². The molecule has 0 amide bonds. The zero-order chi connectivity index (χ0) is 12.1. The van der Waals surface area contributed by atoms with E-state index in [0.717, 1.165) is 31.0 Å². The maximum absolute atomic E-state index is 4.49. The second-order valence-corrected chi connectivity index (χ2v) is 4.98. The molecule has 4 heteroatoms. The molecule has 0 aromatic carbocycles. The van der Waals surface area contributed by atoms with Crippen molar-refractivity contribution in [3.63, 3.8) is 0 Å². The van der Waals surface area contributed by atoms with Gasteiger partial charge in [0.2, 0.25) is 0 Å². The summed E-state index contributed by atoms with van der Waals surface area (Å²) in [5, 5.41) is 4.65. The van der Waals surface area contributed by atoms with Crippen LogP contribution in [-0.4, -0.2) is 28.1 Å². The molecular formula is C13H19N3S. The molecule has 0 aliphatic heterocycles. The van der Waals surface area contributed by atoms with Gasteiger partial charge in [0.25, 0.3) is 0 Å². The van der Waals surface area contributed by atoms with E-state index < -0.39 is 0 Å². The Morgan fingerprint density at radius 1 is 1.47 bits per heavy atom. The van der Waals surface area contributed by atoms with Gasteiger partial charge in [-0.15, -0.1) is 0 Å². The molecule has 0 fully saturated rings. The van der Waals surface area contributed by atoms with Gasteiger partial charge in [0.1, 0.15) is 5.65 Å². The highest BCUT2D eigenvalue weighted by molar-refractivity contribution is 7.98. The Morgan fingerprint density at radius 2 is 2.35 bits per heavy atom. The van der Waals surface area contributed by atoms with Gasteiger partial charge in [-0.25, -0.2) is 4.98 Å². The average Bonchev–Trinajstić information content (AvgIpc) is 2.72. The van der Waals surface area contributed by atoms with Gasteiger partial charge < -0.3 is 9.88 Å². The van der Waals surface area contributed by atoms with Crippen molar-refractivity contribution < 1.29 is 0 Å². The molecule has 0 aliphatic carbocycles. The number of nitrogens with one attached hydrogen (secondary N) is 1. The Labute approximate surface area is 107 Å². The Balaban J connectivity index is 2.32. The fourth-order valence-electron chi connectivity index (χ4n) is 1.96. The first kappa shape index (κ1) is 12.5. The average molecular weight is 249 g/mol. The molecule has 1 N–H and O–H groups in total. The van der Waals surface area contributed by atoms with Crippen LogP contribution in [0.2, 0.25) is 0 Å². The minimum absolute atomic E-state index is 0.922. The van der Waals surface area contributed by atoms with Crippen molar-refractivity contribution in [1.82, 2.24) is 14.9 Å². The minimum atomic E-state index is 0.922. The second-order valence-electron chi connectivity index (χ2n) is 4.00. The monoisotopic (exact) mass is 249 g/mol. The number of aryl methyl sites for hydroxylation is 1. The van der Waals surface area contributed by atoms with Gasteiger partial charge in [0.15, 0.2) is 0 Å². The lowest BCUT2D eigenvalue weighted by Gasteiger charge is -2.01. The predicted octanol–water partition coefficient (Wildman–Crippen LogP) is 2.51. The summed E-state index contributed by atoms with van der Waals surface area (Å²) < 4.78 is 2.26. The van der Waals surface area contributed by atoms with E-state index in [4.69, 9.17) is 0 Å². The van der Waals surface area contributed by atoms with Crippen LogP contribution < -0.4 is 5.32 Å². The smallest absolute Gasteiger partial charge is 0.140 e. The van der Waals surface area contributed by atoms with E-state index in [-0.39, 0.29) is 0 Å². The Hall–Kier alpha value is -1.00. The number of pyridine rings is 1. The van der Waals surface area contributed by atoms with E-state index in [1.165, 1.54) is 10.9 Å². The zero-order valence-corrected chi connectivity index (χ0v) is 11.3. The van der Waals surface area contributed by atoms with E-state index in [9.17, 15) is 0 Å². The normalized spacial score (nSPS) is 11.2. The van der Waals surface area contributed by atoms with Crippen LogP contribution in [0.15, 0.2) is 24.5 Å². The molecule has 0 unspecified atom stereocenters. The van der Waals surface area contributed by atoms with E-state index in [1.54, 1.807) is 0 Å². The molecule has 0 saturated heterocycles. The molecule has 17 heavy (non-hydrogen) atoms. The third kappa shape index (κ3) is 2.82. The van der Waals surface area contributed by atoms with Crippen molar-refractivity contribution in [3.05, 3.63) is 30.1 Å². The molecule has 0 saturated carbocycles. The van der Waals surface area contributed by atoms with Crippen LogP contribution in [0.5, 0.6) is 0 Å². The first-order valence-electron chi connectivity index (χ1n) is 5.99. The maximum atomic E-state index is 4.49. The molecular weight excluding hydrogens is 230 g/mol. The summed E-state index contributed by atoms with van der Waals surface area (Å²) >= 11 is 1.87. The SMILES string of the molecule is CCNCc1cn(CCSC)c2ncccc12. The molecule has 92 valence electrons. The van der Waals surface area contributed by atoms with E-state index in [1.807, 2.05) is 24.0 Å². The van der Waals surface area contributed by atoms with Crippen LogP contribution in [0.1, 0.15) is 12.5 Å². The summed E-state index contributed by atoms with van der Waals surface area (Å²) in [7, 11) is 0. The van der Waals surface area contributed by atoms with Gasteiger partial charge in [0, 0.05) is 36.6 Å². The van der Waals surface area contributed by atoms with Crippen LogP contribution >= 0.6 is 11.8 Å². The number of thioether (sulfide) groups is 1. The summed E-state index contributed by atoms with van der Waals surface area (Å²) in [6.07, 6.45) is 6.24. The highest BCUT2D eigenvalue weighted by Gasteiger charge is 2.08. The van der Waals surface area contributed by atoms with Gasteiger partial charge in [-0.1, -0.05) is 6.92 Å². The van der Waals surface area contributed by atoms with Gasteiger partial charge in [0.05, 0.1) is 0 Å². The summed E-state index contributed by atoms with van der Waals surface area (Å²) in [5.74, 6) is 1.13. The molecule has 0 spiro atoms. The summed E-state index contributed by atoms with van der Waals surface area (Å²) in [6, 6.07) is 4.17. The Morgan fingerprint density at radius 3 is 3.12 bits per heavy atom. The number of hydrogen-bond acceptors (Lipinski definition) is 3. The van der Waals surface area contributed by atoms with E-state index in [2.05, 4.69) is 40.3 Å². The van der Waals surface area contributed by atoms with Crippen molar-refractivity contribution in [1.29, 1.82) is 0 Å². The minimum Gasteiger partial charge on any atom is -0.331 e. The molecule has 0 atom stereocenters. The Bertz CT molecular complexity index is 436. The molecule has 0 aliphatic rings. The highest BCUT2D eigenvalue weighted by atomic mass is 32.2. The molecule has 3 nitrogen and oxygen atoms in total. The lowest BCUT2D eigenvalue weighted by Crippen LogP contribution is -2.11. The van der Waals surface area contributed by atoms with Crippen LogP contribution in [0, 0.1) is 0 Å². The summed E-state index contributed by atoms with van der Waals surface area (Å²) in [5.41, 5.74) is 2.45. The first-order chi connectivity index (χ1) is 8.36. The molecule has 0 bridgehead atoms. The third-order valence-electron chi connectivity index (χ3n) is 2.82. The van der Waals surface area contributed by atoms with Crippen molar-refractivity contribution in [3.8, 4) is 0 Å². The molecule has 2 rings (SSSR count). The first-order valence-corrected chi connectivity index (χ1v) is 7.38. The number of nitrogens with zero attached hydrogens (tertiary/aromatic N) is 2.